The lowest BCUT2D eigenvalue weighted by atomic mass is 9.34. The molecule has 0 amide bonds. The first kappa shape index (κ1) is 28.7. The van der Waals surface area contributed by atoms with Gasteiger partial charge in [-0.3, -0.25) is 4.79 Å². The molecular weight excluding hydrogens is 565 g/mol. The van der Waals surface area contributed by atoms with Gasteiger partial charge in [0.2, 0.25) is 0 Å². The minimum Gasteiger partial charge on any atom is -0.361 e. The summed E-state index contributed by atoms with van der Waals surface area (Å²) in [7, 11) is 0. The van der Waals surface area contributed by atoms with Gasteiger partial charge in [-0.1, -0.05) is 52.3 Å². The van der Waals surface area contributed by atoms with Crippen LogP contribution in [0.1, 0.15) is 109 Å². The molecule has 0 bridgehead atoms. The van der Waals surface area contributed by atoms with Crippen LogP contribution in [0.5, 0.6) is 0 Å². The van der Waals surface area contributed by atoms with E-state index < -0.39 is 5.41 Å². The number of carbonyl (C=O) groups excluding carboxylic acids is 2. The number of ketones is 1. The summed E-state index contributed by atoms with van der Waals surface area (Å²) in [5, 5.41) is 6.09. The number of hydrogen-bond donors (Lipinski definition) is 0. The second-order valence-corrected chi connectivity index (χ2v) is 17.4. The molecular formula is C34H44N2O4S2. The van der Waals surface area contributed by atoms with Gasteiger partial charge in [-0.05, 0) is 110 Å². The summed E-state index contributed by atoms with van der Waals surface area (Å²) < 4.78 is 7.79. The number of hydrogen-bond acceptors (Lipinski definition) is 7. The van der Waals surface area contributed by atoms with Crippen molar-refractivity contribution in [3.05, 3.63) is 44.2 Å². The third-order valence-electron chi connectivity index (χ3n) is 13.4. The van der Waals surface area contributed by atoms with Crippen molar-refractivity contribution in [2.75, 3.05) is 0 Å². The Hall–Kier alpha value is -2.06. The first-order chi connectivity index (χ1) is 19.7. The van der Waals surface area contributed by atoms with Crippen molar-refractivity contribution in [3.63, 3.8) is 0 Å². The van der Waals surface area contributed by atoms with E-state index in [0.717, 1.165) is 62.8 Å². The number of thiazole rings is 1. The highest BCUT2D eigenvalue weighted by Gasteiger charge is 2.70. The fourth-order valence-electron chi connectivity index (χ4n) is 10.9. The molecule has 5 aliphatic carbocycles. The summed E-state index contributed by atoms with van der Waals surface area (Å²) in [4.78, 5) is 35.2. The zero-order valence-electron chi connectivity index (χ0n) is 26.0. The van der Waals surface area contributed by atoms with E-state index in [9.17, 15) is 9.59 Å². The largest absolute Gasteiger partial charge is 0.361 e. The molecule has 7 rings (SSSR count). The van der Waals surface area contributed by atoms with Crippen LogP contribution < -0.4 is 4.84 Å². The molecule has 8 heteroatoms. The minimum absolute atomic E-state index is 0.0552. The van der Waals surface area contributed by atoms with Crippen molar-refractivity contribution in [1.29, 1.82) is 0 Å². The van der Waals surface area contributed by atoms with Crippen molar-refractivity contribution in [2.45, 2.75) is 106 Å². The maximum atomic E-state index is 14.7. The van der Waals surface area contributed by atoms with Gasteiger partial charge in [0.05, 0.1) is 17.3 Å². The van der Waals surface area contributed by atoms with Crippen molar-refractivity contribution < 1.29 is 18.9 Å². The Balaban J connectivity index is 1.33. The summed E-state index contributed by atoms with van der Waals surface area (Å²) in [6.07, 6.45) is 11.1. The van der Waals surface area contributed by atoms with Crippen LogP contribution in [0.2, 0.25) is 0 Å². The van der Waals surface area contributed by atoms with Crippen LogP contribution in [0, 0.1) is 55.7 Å². The Kier molecular flexibility index (Phi) is 6.15. The average molecular weight is 609 g/mol. The number of aromatic nitrogens is 2. The average Bonchev–Trinajstić information content (AvgIpc) is 3.51. The van der Waals surface area contributed by atoms with E-state index in [4.69, 9.17) is 21.6 Å². The number of nitrogens with zero attached hydrogens (tertiary/aromatic N) is 2. The van der Waals surface area contributed by atoms with E-state index >= 15 is 0 Å². The van der Waals surface area contributed by atoms with Gasteiger partial charge in [-0.15, -0.1) is 11.3 Å². The first-order valence-electron chi connectivity index (χ1n) is 15.8. The summed E-state index contributed by atoms with van der Waals surface area (Å²) in [6, 6.07) is 0. The predicted octanol–water partition coefficient (Wildman–Crippen LogP) is 8.05. The van der Waals surface area contributed by atoms with Crippen molar-refractivity contribution in [1.82, 2.24) is 9.89 Å². The zero-order valence-corrected chi connectivity index (χ0v) is 27.7. The van der Waals surface area contributed by atoms with E-state index in [1.165, 1.54) is 27.2 Å². The topological polar surface area (TPSA) is 74.3 Å². The lowest BCUT2D eigenvalue weighted by molar-refractivity contribution is -0.193. The highest BCUT2D eigenvalue weighted by Crippen LogP contribution is 2.74. The summed E-state index contributed by atoms with van der Waals surface area (Å²) >= 11 is 6.91. The van der Waals surface area contributed by atoms with E-state index in [2.05, 4.69) is 52.8 Å². The highest BCUT2D eigenvalue weighted by atomic mass is 32.1. The fourth-order valence-corrected chi connectivity index (χ4v) is 11.8. The van der Waals surface area contributed by atoms with Crippen molar-refractivity contribution in [3.8, 4) is 0 Å². The number of carbonyl (C=O) groups is 2. The highest BCUT2D eigenvalue weighted by molar-refractivity contribution is 7.73. The van der Waals surface area contributed by atoms with Crippen LogP contribution in [0.15, 0.2) is 27.7 Å². The Morgan fingerprint density at radius 2 is 1.86 bits per heavy atom. The van der Waals surface area contributed by atoms with Gasteiger partial charge in [0.25, 0.3) is 0 Å². The van der Waals surface area contributed by atoms with E-state index in [0.29, 0.717) is 9.87 Å². The van der Waals surface area contributed by atoms with Gasteiger partial charge in [-0.25, -0.2) is 4.79 Å². The van der Waals surface area contributed by atoms with Gasteiger partial charge in [0.1, 0.15) is 5.76 Å². The normalized spacial score (nSPS) is 41.9. The quantitative estimate of drug-likeness (QED) is 0.321. The van der Waals surface area contributed by atoms with Crippen molar-refractivity contribution >= 4 is 35.3 Å². The van der Waals surface area contributed by atoms with E-state index in [1.54, 1.807) is 0 Å². The maximum absolute atomic E-state index is 14.7. The summed E-state index contributed by atoms with van der Waals surface area (Å²) in [6.45, 7) is 16.0. The van der Waals surface area contributed by atoms with Crippen LogP contribution in [0.25, 0.3) is 0 Å². The number of allylic oxidation sites excluding steroid dienone is 2. The molecule has 2 heterocycles. The minimum atomic E-state index is -0.683. The molecule has 5 aliphatic rings. The number of fused-ring (bicyclic) bond motifs is 8. The molecule has 2 aromatic heterocycles. The zero-order chi connectivity index (χ0) is 30.0. The van der Waals surface area contributed by atoms with Crippen molar-refractivity contribution in [2.24, 2.45) is 44.8 Å². The predicted molar refractivity (Wildman–Crippen MR) is 165 cm³/mol. The molecule has 0 N–H and O–H groups in total. The second-order valence-electron chi connectivity index (χ2n) is 15.9. The molecule has 2 aromatic rings. The molecule has 0 aromatic carbocycles. The van der Waals surface area contributed by atoms with Gasteiger partial charge >= 0.3 is 5.97 Å². The second kappa shape index (κ2) is 8.99. The SMILES string of the molecule is Cc1csc(=S)n1OC(=O)[C@]12CCC(C)(C)C[C@H]1[C@H]1C(=O)C=C3[C@@]4(C)Cc5cnoc5[C@@H](C)[C@@H]4CC[C@@]3(C)[C@]1(C)CC2. The molecule has 0 spiro atoms. The summed E-state index contributed by atoms with van der Waals surface area (Å²) in [5.41, 5.74) is 2.23. The lowest BCUT2D eigenvalue weighted by Gasteiger charge is -2.68. The van der Waals surface area contributed by atoms with E-state index in [1.807, 2.05) is 18.5 Å². The lowest BCUT2D eigenvalue weighted by Crippen LogP contribution is -2.65. The van der Waals surface area contributed by atoms with Gasteiger partial charge in [-0.2, -0.15) is 4.73 Å². The molecule has 0 unspecified atom stereocenters. The van der Waals surface area contributed by atoms with Crippen LogP contribution in [-0.4, -0.2) is 21.6 Å². The molecule has 0 radical (unpaired) electrons. The van der Waals surface area contributed by atoms with Gasteiger partial charge < -0.3 is 9.36 Å². The molecule has 0 saturated heterocycles. The first-order valence-corrected chi connectivity index (χ1v) is 17.1. The molecule has 226 valence electrons. The molecule has 8 atom stereocenters. The standard InChI is InChI=1S/C34H44N2O4S2/c1-19-18-42-29(41)36(19)40-28(38)34-12-10-30(3,4)16-23(34)26-24(37)14-25-31(5)15-21-17-35-39-27(21)20(2)22(31)8-9-32(25,6)33(26,7)11-13-34/h14,17-18,20,22-23,26H,8-13,15-16H2,1-7H3/t20-,22-,23-,26-,31-,32+,33+,34-/m0/s1. The van der Waals surface area contributed by atoms with Crippen LogP contribution in [0.4, 0.5) is 0 Å². The Morgan fingerprint density at radius 3 is 2.57 bits per heavy atom. The number of aryl methyl sites for hydroxylation is 1. The van der Waals surface area contributed by atoms with Crippen LogP contribution >= 0.6 is 23.6 Å². The monoisotopic (exact) mass is 608 g/mol. The van der Waals surface area contributed by atoms with E-state index in [-0.39, 0.29) is 51.2 Å². The Bertz CT molecular complexity index is 1580. The molecule has 3 saturated carbocycles. The van der Waals surface area contributed by atoms with Crippen LogP contribution in [0.3, 0.4) is 0 Å². The van der Waals surface area contributed by atoms with Crippen LogP contribution in [-0.2, 0) is 16.0 Å². The Morgan fingerprint density at radius 1 is 1.12 bits per heavy atom. The third kappa shape index (κ3) is 3.60. The Labute approximate surface area is 258 Å². The third-order valence-corrected chi connectivity index (χ3v) is 14.7. The van der Waals surface area contributed by atoms with Gasteiger partial charge in [0.15, 0.2) is 9.74 Å². The summed E-state index contributed by atoms with van der Waals surface area (Å²) in [5.74, 6) is 1.45. The fraction of sp³-hybridized carbons (Fsp3) is 0.706. The number of rotatable bonds is 2. The molecule has 3 fully saturated rings. The smallest absolute Gasteiger partial charge is 0.339 e. The molecule has 42 heavy (non-hydrogen) atoms. The molecule has 6 nitrogen and oxygen atoms in total. The maximum Gasteiger partial charge on any atom is 0.339 e. The molecule has 0 aliphatic heterocycles. The van der Waals surface area contributed by atoms with Gasteiger partial charge in [0, 0.05) is 22.8 Å².